The molecule has 2 rings (SSSR count). The minimum Gasteiger partial charge on any atom is -0.382 e. The molecule has 1 fully saturated rings. The lowest BCUT2D eigenvalue weighted by atomic mass is 9.87. The summed E-state index contributed by atoms with van der Waals surface area (Å²) in [6, 6.07) is 2.00. The Morgan fingerprint density at radius 1 is 1.30 bits per heavy atom. The van der Waals surface area contributed by atoms with Crippen molar-refractivity contribution in [1.82, 2.24) is 9.78 Å². The van der Waals surface area contributed by atoms with Crippen LogP contribution < -0.4 is 0 Å². The molecular formula is C16H26N2O2. The van der Waals surface area contributed by atoms with Gasteiger partial charge in [-0.2, -0.15) is 5.10 Å². The van der Waals surface area contributed by atoms with Crippen LogP contribution in [-0.4, -0.2) is 26.3 Å². The number of Topliss-reactive ketones (excluding diaryl/α,β-unsaturated/α-hetero) is 1. The average Bonchev–Trinajstić information content (AvgIpc) is 2.70. The standard InChI is InChI=1S/C16H26N2O2/c1-3-13-11-14(18(4-2)17-13)12-15(19)16(20)9-7-5-6-8-10-16/h11,20H,3-10,12H2,1-2H3. The summed E-state index contributed by atoms with van der Waals surface area (Å²) in [4.78, 5) is 12.5. The minimum absolute atomic E-state index is 0.0309. The molecule has 4 heteroatoms. The molecule has 1 heterocycles. The Kier molecular flexibility index (Phi) is 4.97. The topological polar surface area (TPSA) is 55.1 Å². The molecule has 1 saturated carbocycles. The summed E-state index contributed by atoms with van der Waals surface area (Å²) in [6.45, 7) is 4.86. The second-order valence-corrected chi connectivity index (χ2v) is 5.84. The second-order valence-electron chi connectivity index (χ2n) is 5.84. The molecule has 4 nitrogen and oxygen atoms in total. The highest BCUT2D eigenvalue weighted by Gasteiger charge is 2.36. The van der Waals surface area contributed by atoms with Crippen molar-refractivity contribution in [3.63, 3.8) is 0 Å². The molecule has 0 saturated heterocycles. The summed E-state index contributed by atoms with van der Waals surface area (Å²) >= 11 is 0. The molecule has 20 heavy (non-hydrogen) atoms. The van der Waals surface area contributed by atoms with Gasteiger partial charge in [-0.15, -0.1) is 0 Å². The first kappa shape index (κ1) is 15.2. The first-order chi connectivity index (χ1) is 9.59. The van der Waals surface area contributed by atoms with E-state index in [1.807, 2.05) is 17.7 Å². The number of ketones is 1. The molecule has 1 aliphatic carbocycles. The Morgan fingerprint density at radius 3 is 2.50 bits per heavy atom. The number of aryl methyl sites for hydroxylation is 2. The molecule has 1 aliphatic rings. The van der Waals surface area contributed by atoms with E-state index in [0.717, 1.165) is 50.0 Å². The Morgan fingerprint density at radius 2 is 1.95 bits per heavy atom. The highest BCUT2D eigenvalue weighted by atomic mass is 16.3. The molecule has 0 atom stereocenters. The molecule has 0 amide bonds. The van der Waals surface area contributed by atoms with Crippen molar-refractivity contribution >= 4 is 5.78 Å². The third-order valence-electron chi connectivity index (χ3n) is 4.37. The molecule has 1 N–H and O–H groups in total. The van der Waals surface area contributed by atoms with Crippen LogP contribution in [0.15, 0.2) is 6.07 Å². The number of nitrogens with zero attached hydrogens (tertiary/aromatic N) is 2. The normalized spacial score (nSPS) is 18.8. The van der Waals surface area contributed by atoms with Gasteiger partial charge in [0.25, 0.3) is 0 Å². The predicted octanol–water partition coefficient (Wildman–Crippen LogP) is 2.66. The summed E-state index contributed by atoms with van der Waals surface area (Å²) in [7, 11) is 0. The lowest BCUT2D eigenvalue weighted by Gasteiger charge is -2.24. The third-order valence-corrected chi connectivity index (χ3v) is 4.37. The van der Waals surface area contributed by atoms with Gasteiger partial charge in [0.15, 0.2) is 5.78 Å². The van der Waals surface area contributed by atoms with Crippen molar-refractivity contribution in [3.05, 3.63) is 17.5 Å². The molecule has 1 aromatic rings. The molecule has 0 radical (unpaired) electrons. The first-order valence-electron chi connectivity index (χ1n) is 7.90. The number of carbonyl (C=O) groups excluding carboxylic acids is 1. The molecule has 0 aliphatic heterocycles. The zero-order valence-electron chi connectivity index (χ0n) is 12.7. The van der Waals surface area contributed by atoms with E-state index in [1.165, 1.54) is 0 Å². The van der Waals surface area contributed by atoms with Crippen LogP contribution in [0, 0.1) is 0 Å². The van der Waals surface area contributed by atoms with E-state index in [0.29, 0.717) is 19.3 Å². The summed E-state index contributed by atoms with van der Waals surface area (Å²) in [5, 5.41) is 15.1. The molecule has 0 aromatic carbocycles. The van der Waals surface area contributed by atoms with Crippen LogP contribution in [0.5, 0.6) is 0 Å². The average molecular weight is 278 g/mol. The van der Waals surface area contributed by atoms with Gasteiger partial charge in [-0.05, 0) is 32.3 Å². The van der Waals surface area contributed by atoms with E-state index in [4.69, 9.17) is 0 Å². The van der Waals surface area contributed by atoms with Gasteiger partial charge in [-0.25, -0.2) is 0 Å². The molecule has 112 valence electrons. The van der Waals surface area contributed by atoms with E-state index in [-0.39, 0.29) is 5.78 Å². The summed E-state index contributed by atoms with van der Waals surface area (Å²) < 4.78 is 1.89. The maximum atomic E-state index is 12.5. The van der Waals surface area contributed by atoms with E-state index in [2.05, 4.69) is 12.0 Å². The summed E-state index contributed by atoms with van der Waals surface area (Å²) in [5.41, 5.74) is 0.848. The maximum absolute atomic E-state index is 12.5. The quantitative estimate of drug-likeness (QED) is 0.842. The molecule has 1 aromatic heterocycles. The second kappa shape index (κ2) is 6.53. The van der Waals surface area contributed by atoms with Crippen molar-refractivity contribution in [2.24, 2.45) is 0 Å². The lowest BCUT2D eigenvalue weighted by molar-refractivity contribution is -0.138. The zero-order chi connectivity index (χ0) is 14.6. The maximum Gasteiger partial charge on any atom is 0.170 e. The van der Waals surface area contributed by atoms with Crippen LogP contribution in [0.25, 0.3) is 0 Å². The number of aliphatic hydroxyl groups is 1. The van der Waals surface area contributed by atoms with Crippen LogP contribution in [0.2, 0.25) is 0 Å². The first-order valence-corrected chi connectivity index (χ1v) is 7.90. The fourth-order valence-corrected chi connectivity index (χ4v) is 3.03. The molecular weight excluding hydrogens is 252 g/mol. The minimum atomic E-state index is -1.11. The van der Waals surface area contributed by atoms with Gasteiger partial charge in [-0.1, -0.05) is 32.6 Å². The monoisotopic (exact) mass is 278 g/mol. The number of aromatic nitrogens is 2. The van der Waals surface area contributed by atoms with E-state index >= 15 is 0 Å². The fourth-order valence-electron chi connectivity index (χ4n) is 3.03. The lowest BCUT2D eigenvalue weighted by Crippen LogP contribution is -2.39. The smallest absolute Gasteiger partial charge is 0.170 e. The van der Waals surface area contributed by atoms with Gasteiger partial charge < -0.3 is 5.11 Å². The van der Waals surface area contributed by atoms with Gasteiger partial charge in [0.2, 0.25) is 0 Å². The van der Waals surface area contributed by atoms with Crippen molar-refractivity contribution in [3.8, 4) is 0 Å². The van der Waals surface area contributed by atoms with Crippen molar-refractivity contribution in [1.29, 1.82) is 0 Å². The largest absolute Gasteiger partial charge is 0.382 e. The molecule has 0 unspecified atom stereocenters. The molecule has 0 bridgehead atoms. The van der Waals surface area contributed by atoms with Crippen LogP contribution in [0.1, 0.15) is 63.8 Å². The van der Waals surface area contributed by atoms with Crippen molar-refractivity contribution in [2.45, 2.75) is 77.4 Å². The van der Waals surface area contributed by atoms with Gasteiger partial charge >= 0.3 is 0 Å². The highest BCUT2D eigenvalue weighted by molar-refractivity contribution is 5.88. The van der Waals surface area contributed by atoms with Crippen LogP contribution in [0.3, 0.4) is 0 Å². The van der Waals surface area contributed by atoms with Gasteiger partial charge in [-0.3, -0.25) is 9.48 Å². The zero-order valence-corrected chi connectivity index (χ0v) is 12.7. The van der Waals surface area contributed by atoms with Crippen molar-refractivity contribution in [2.75, 3.05) is 0 Å². The Labute approximate surface area is 121 Å². The van der Waals surface area contributed by atoms with Gasteiger partial charge in [0.05, 0.1) is 12.1 Å². The van der Waals surface area contributed by atoms with Crippen LogP contribution in [-0.2, 0) is 24.2 Å². The van der Waals surface area contributed by atoms with E-state index in [1.54, 1.807) is 0 Å². The number of hydrogen-bond donors (Lipinski definition) is 1. The van der Waals surface area contributed by atoms with Crippen molar-refractivity contribution < 1.29 is 9.90 Å². The Balaban J connectivity index is 2.12. The Bertz CT molecular complexity index is 457. The van der Waals surface area contributed by atoms with Gasteiger partial charge in [0.1, 0.15) is 5.60 Å². The summed E-state index contributed by atoms with van der Waals surface area (Å²) in [5.74, 6) is -0.0309. The molecule has 0 spiro atoms. The van der Waals surface area contributed by atoms with E-state index < -0.39 is 5.60 Å². The van der Waals surface area contributed by atoms with Gasteiger partial charge in [0, 0.05) is 12.2 Å². The van der Waals surface area contributed by atoms with Crippen LogP contribution >= 0.6 is 0 Å². The van der Waals surface area contributed by atoms with Crippen LogP contribution in [0.4, 0.5) is 0 Å². The number of rotatable bonds is 5. The number of hydrogen-bond acceptors (Lipinski definition) is 3. The van der Waals surface area contributed by atoms with E-state index in [9.17, 15) is 9.90 Å². The Hall–Kier alpha value is -1.16. The fraction of sp³-hybridized carbons (Fsp3) is 0.750. The third kappa shape index (κ3) is 3.29. The highest BCUT2D eigenvalue weighted by Crippen LogP contribution is 2.29. The predicted molar refractivity (Wildman–Crippen MR) is 78.6 cm³/mol. The summed E-state index contributed by atoms with van der Waals surface area (Å²) in [6.07, 6.45) is 6.57. The number of carbonyl (C=O) groups is 1. The SMILES string of the molecule is CCc1cc(CC(=O)C2(O)CCCCCC2)n(CC)n1.